The van der Waals surface area contributed by atoms with Gasteiger partial charge in [-0.2, -0.15) is 0 Å². The Morgan fingerprint density at radius 2 is 2.35 bits per heavy atom. The zero-order valence-electron chi connectivity index (χ0n) is 11.6. The molecule has 1 unspecified atom stereocenters. The molecule has 0 saturated carbocycles. The molecule has 1 saturated heterocycles. The normalized spacial score (nSPS) is 18.6. The van der Waals surface area contributed by atoms with Gasteiger partial charge in [0.05, 0.1) is 12.7 Å². The van der Waals surface area contributed by atoms with Crippen LogP contribution in [0.1, 0.15) is 24.8 Å². The summed E-state index contributed by atoms with van der Waals surface area (Å²) in [4.78, 5) is 0. The van der Waals surface area contributed by atoms with Gasteiger partial charge in [0.2, 0.25) is 0 Å². The van der Waals surface area contributed by atoms with Crippen LogP contribution in [0.2, 0.25) is 0 Å². The lowest BCUT2D eigenvalue weighted by Crippen LogP contribution is -2.19. The van der Waals surface area contributed by atoms with Crippen LogP contribution in [0, 0.1) is 5.82 Å². The van der Waals surface area contributed by atoms with E-state index < -0.39 is 5.82 Å². The number of halogens is 1. The van der Waals surface area contributed by atoms with E-state index >= 15 is 0 Å². The number of phenols is 1. The van der Waals surface area contributed by atoms with Gasteiger partial charge in [-0.3, -0.25) is 0 Å². The van der Waals surface area contributed by atoms with E-state index in [1.165, 1.54) is 6.07 Å². The largest absolute Gasteiger partial charge is 0.505 e. The Hall–Kier alpha value is -1.17. The third kappa shape index (κ3) is 4.74. The van der Waals surface area contributed by atoms with Crippen molar-refractivity contribution in [3.05, 3.63) is 29.6 Å². The lowest BCUT2D eigenvalue weighted by Gasteiger charge is -2.10. The number of aromatic hydroxyl groups is 1. The van der Waals surface area contributed by atoms with E-state index in [1.54, 1.807) is 12.1 Å². The van der Waals surface area contributed by atoms with Crippen molar-refractivity contribution in [1.82, 2.24) is 5.32 Å². The van der Waals surface area contributed by atoms with Crippen molar-refractivity contribution in [1.29, 1.82) is 0 Å². The lowest BCUT2D eigenvalue weighted by molar-refractivity contribution is 0.0166. The predicted octanol–water partition coefficient (Wildman–Crippen LogP) is 2.21. The standard InChI is InChI=1S/C15H22FNO3/c16-14-6-1-4-12(15(14)18)10-17-7-3-8-19-11-13-5-2-9-20-13/h1,4,6,13,17-18H,2-3,5,7-11H2. The van der Waals surface area contributed by atoms with Gasteiger partial charge in [0.15, 0.2) is 11.6 Å². The summed E-state index contributed by atoms with van der Waals surface area (Å²) >= 11 is 0. The number of hydrogen-bond donors (Lipinski definition) is 2. The quantitative estimate of drug-likeness (QED) is 0.718. The Bertz CT molecular complexity index is 408. The molecule has 1 fully saturated rings. The summed E-state index contributed by atoms with van der Waals surface area (Å²) < 4.78 is 24.1. The van der Waals surface area contributed by atoms with Crippen LogP contribution in [0.15, 0.2) is 18.2 Å². The highest BCUT2D eigenvalue weighted by atomic mass is 19.1. The molecule has 1 aliphatic rings. The first-order valence-corrected chi connectivity index (χ1v) is 7.14. The van der Waals surface area contributed by atoms with E-state index in [1.807, 2.05) is 0 Å². The van der Waals surface area contributed by atoms with Crippen molar-refractivity contribution in [2.24, 2.45) is 0 Å². The van der Waals surface area contributed by atoms with E-state index in [4.69, 9.17) is 9.47 Å². The first-order chi connectivity index (χ1) is 9.77. The zero-order chi connectivity index (χ0) is 14.2. The molecule has 112 valence electrons. The summed E-state index contributed by atoms with van der Waals surface area (Å²) in [6.07, 6.45) is 3.37. The summed E-state index contributed by atoms with van der Waals surface area (Å²) in [5.41, 5.74) is 0.574. The summed E-state index contributed by atoms with van der Waals surface area (Å²) in [7, 11) is 0. The molecule has 2 rings (SSSR count). The minimum atomic E-state index is -0.579. The smallest absolute Gasteiger partial charge is 0.165 e. The second-order valence-corrected chi connectivity index (χ2v) is 4.99. The van der Waals surface area contributed by atoms with E-state index in [0.29, 0.717) is 25.3 Å². The minimum absolute atomic E-state index is 0.269. The molecule has 2 N–H and O–H groups in total. The van der Waals surface area contributed by atoms with Gasteiger partial charge in [0.25, 0.3) is 0 Å². The van der Waals surface area contributed by atoms with Crippen LogP contribution in [-0.4, -0.2) is 37.6 Å². The van der Waals surface area contributed by atoms with Crippen LogP contribution in [0.3, 0.4) is 0 Å². The SMILES string of the molecule is Oc1c(F)cccc1CNCCCOCC1CCCO1. The summed E-state index contributed by atoms with van der Waals surface area (Å²) in [6, 6.07) is 4.55. The maximum atomic E-state index is 13.1. The van der Waals surface area contributed by atoms with Gasteiger partial charge in [0, 0.05) is 25.3 Å². The number of ether oxygens (including phenoxy) is 2. The van der Waals surface area contributed by atoms with Gasteiger partial charge in [-0.25, -0.2) is 4.39 Å². The van der Waals surface area contributed by atoms with Gasteiger partial charge in [-0.05, 0) is 31.9 Å². The van der Waals surface area contributed by atoms with Gasteiger partial charge in [0.1, 0.15) is 0 Å². The second-order valence-electron chi connectivity index (χ2n) is 4.99. The molecule has 0 radical (unpaired) electrons. The van der Waals surface area contributed by atoms with Crippen molar-refractivity contribution in [3.63, 3.8) is 0 Å². The average molecular weight is 283 g/mol. The third-order valence-corrected chi connectivity index (χ3v) is 3.36. The van der Waals surface area contributed by atoms with E-state index in [0.717, 1.165) is 32.4 Å². The monoisotopic (exact) mass is 283 g/mol. The number of phenolic OH excluding ortho intramolecular Hbond substituents is 1. The van der Waals surface area contributed by atoms with Crippen LogP contribution in [0.4, 0.5) is 4.39 Å². The van der Waals surface area contributed by atoms with E-state index in [2.05, 4.69) is 5.32 Å². The Morgan fingerprint density at radius 1 is 1.45 bits per heavy atom. The number of nitrogens with one attached hydrogen (secondary N) is 1. The highest BCUT2D eigenvalue weighted by Gasteiger charge is 2.14. The molecule has 0 amide bonds. The van der Waals surface area contributed by atoms with Crippen molar-refractivity contribution in [3.8, 4) is 5.75 Å². The number of para-hydroxylation sites is 1. The Morgan fingerprint density at radius 3 is 3.15 bits per heavy atom. The van der Waals surface area contributed by atoms with Gasteiger partial charge >= 0.3 is 0 Å². The molecule has 0 bridgehead atoms. The van der Waals surface area contributed by atoms with Crippen LogP contribution in [-0.2, 0) is 16.0 Å². The molecule has 0 spiro atoms. The number of benzene rings is 1. The molecule has 1 aromatic carbocycles. The fourth-order valence-corrected chi connectivity index (χ4v) is 2.22. The summed E-state index contributed by atoms with van der Waals surface area (Å²) in [6.45, 7) is 3.43. The Kier molecular flexibility index (Phi) is 6.24. The average Bonchev–Trinajstić information content (AvgIpc) is 2.95. The molecule has 0 aliphatic carbocycles. The van der Waals surface area contributed by atoms with E-state index in [9.17, 15) is 9.50 Å². The molecular formula is C15H22FNO3. The summed E-state index contributed by atoms with van der Waals surface area (Å²) in [5.74, 6) is -0.848. The fourth-order valence-electron chi connectivity index (χ4n) is 2.22. The van der Waals surface area contributed by atoms with Crippen LogP contribution < -0.4 is 5.32 Å². The summed E-state index contributed by atoms with van der Waals surface area (Å²) in [5, 5.41) is 12.7. The molecule has 1 aliphatic heterocycles. The number of rotatable bonds is 8. The topological polar surface area (TPSA) is 50.7 Å². The van der Waals surface area contributed by atoms with Crippen molar-refractivity contribution >= 4 is 0 Å². The van der Waals surface area contributed by atoms with Crippen LogP contribution in [0.5, 0.6) is 5.75 Å². The minimum Gasteiger partial charge on any atom is -0.505 e. The first-order valence-electron chi connectivity index (χ1n) is 7.14. The third-order valence-electron chi connectivity index (χ3n) is 3.36. The molecule has 5 heteroatoms. The highest BCUT2D eigenvalue weighted by Crippen LogP contribution is 2.20. The molecule has 1 aromatic rings. The Balaban J connectivity index is 1.52. The molecule has 0 aromatic heterocycles. The second kappa shape index (κ2) is 8.19. The maximum Gasteiger partial charge on any atom is 0.165 e. The number of hydrogen-bond acceptors (Lipinski definition) is 4. The highest BCUT2D eigenvalue weighted by molar-refractivity contribution is 5.33. The zero-order valence-corrected chi connectivity index (χ0v) is 11.6. The van der Waals surface area contributed by atoms with Crippen LogP contribution >= 0.6 is 0 Å². The molecule has 4 nitrogen and oxygen atoms in total. The van der Waals surface area contributed by atoms with Gasteiger partial charge in [-0.1, -0.05) is 12.1 Å². The molecular weight excluding hydrogens is 261 g/mol. The van der Waals surface area contributed by atoms with Crippen molar-refractivity contribution in [2.75, 3.05) is 26.4 Å². The lowest BCUT2D eigenvalue weighted by atomic mass is 10.2. The van der Waals surface area contributed by atoms with E-state index in [-0.39, 0.29) is 11.9 Å². The van der Waals surface area contributed by atoms with Crippen molar-refractivity contribution in [2.45, 2.75) is 31.9 Å². The molecule has 1 atom stereocenters. The molecule has 20 heavy (non-hydrogen) atoms. The van der Waals surface area contributed by atoms with Gasteiger partial charge < -0.3 is 19.9 Å². The van der Waals surface area contributed by atoms with Crippen LogP contribution in [0.25, 0.3) is 0 Å². The Labute approximate surface area is 118 Å². The maximum absolute atomic E-state index is 13.1. The molecule has 1 heterocycles. The van der Waals surface area contributed by atoms with Crippen molar-refractivity contribution < 1.29 is 19.0 Å². The first kappa shape index (κ1) is 15.2. The fraction of sp³-hybridized carbons (Fsp3) is 0.600. The van der Waals surface area contributed by atoms with Gasteiger partial charge in [-0.15, -0.1) is 0 Å². The predicted molar refractivity (Wildman–Crippen MR) is 74.2 cm³/mol.